The summed E-state index contributed by atoms with van der Waals surface area (Å²) in [5.41, 5.74) is 3.23. The van der Waals surface area contributed by atoms with Crippen molar-refractivity contribution < 1.29 is 0 Å². The van der Waals surface area contributed by atoms with Crippen molar-refractivity contribution in [2.24, 2.45) is 5.92 Å². The molecule has 2 heteroatoms. The molecular formula is C17H24N2. The van der Waals surface area contributed by atoms with E-state index in [4.69, 9.17) is 10.8 Å². The number of hydrogen-bond donors (Lipinski definition) is 2. The largest absolute Gasteiger partial charge is 0.313 e. The maximum Gasteiger partial charge on any atom is 0.00583 e. The van der Waals surface area contributed by atoms with Crippen LogP contribution in [0.2, 0.25) is 0 Å². The summed E-state index contributed by atoms with van der Waals surface area (Å²) >= 11 is 0. The van der Waals surface area contributed by atoms with Gasteiger partial charge in [0.15, 0.2) is 0 Å². The molecule has 102 valence electrons. The van der Waals surface area contributed by atoms with E-state index in [-0.39, 0.29) is 0 Å². The van der Waals surface area contributed by atoms with Crippen LogP contribution in [-0.4, -0.2) is 11.9 Å². The molecule has 0 aliphatic carbocycles. The van der Waals surface area contributed by atoms with E-state index in [9.17, 15) is 0 Å². The van der Waals surface area contributed by atoms with Gasteiger partial charge in [0, 0.05) is 5.71 Å². The molecule has 1 rings (SSSR count). The standard InChI is InChI=1S/C17H24N2/c1-3-15-6-8-16(9-7-15)10-11-17(12-13-18)5-4-14(2)19/h3,6-9,13,17-19H,1,4-5,10-12H2,2H3. The van der Waals surface area contributed by atoms with Crippen LogP contribution in [0.4, 0.5) is 0 Å². The molecule has 1 atom stereocenters. The summed E-state index contributed by atoms with van der Waals surface area (Å²) in [6.07, 6.45) is 8.21. The number of aryl methyl sites for hydroxylation is 1. The molecule has 0 radical (unpaired) electrons. The zero-order valence-corrected chi connectivity index (χ0v) is 11.8. The molecular weight excluding hydrogens is 232 g/mol. The highest BCUT2D eigenvalue weighted by atomic mass is 14.4. The SMILES string of the molecule is C=Cc1ccc(CCC(CC=N)CCC(C)=N)cc1. The monoisotopic (exact) mass is 256 g/mol. The van der Waals surface area contributed by atoms with E-state index in [1.807, 2.05) is 13.0 Å². The van der Waals surface area contributed by atoms with Crippen LogP contribution in [0.1, 0.15) is 43.7 Å². The Morgan fingerprint density at radius 1 is 1.26 bits per heavy atom. The lowest BCUT2D eigenvalue weighted by atomic mass is 9.91. The minimum atomic E-state index is 0.525. The normalized spacial score (nSPS) is 11.8. The topological polar surface area (TPSA) is 47.7 Å². The molecule has 0 aliphatic heterocycles. The second kappa shape index (κ2) is 8.41. The fraction of sp³-hybridized carbons (Fsp3) is 0.412. The van der Waals surface area contributed by atoms with Crippen molar-refractivity contribution in [3.63, 3.8) is 0 Å². The Labute approximate surface area is 116 Å². The maximum absolute atomic E-state index is 7.49. The summed E-state index contributed by atoms with van der Waals surface area (Å²) in [5.74, 6) is 0.525. The zero-order valence-electron chi connectivity index (χ0n) is 11.8. The summed E-state index contributed by atoms with van der Waals surface area (Å²) < 4.78 is 0. The lowest BCUT2D eigenvalue weighted by Gasteiger charge is -2.14. The first-order chi connectivity index (χ1) is 9.15. The first-order valence-corrected chi connectivity index (χ1v) is 6.90. The fourth-order valence-electron chi connectivity index (χ4n) is 2.16. The van der Waals surface area contributed by atoms with E-state index in [2.05, 4.69) is 30.8 Å². The molecule has 0 saturated carbocycles. The van der Waals surface area contributed by atoms with Crippen molar-refractivity contribution in [2.45, 2.75) is 39.0 Å². The Morgan fingerprint density at radius 3 is 2.47 bits per heavy atom. The molecule has 1 aromatic carbocycles. The lowest BCUT2D eigenvalue weighted by Crippen LogP contribution is -2.05. The van der Waals surface area contributed by atoms with Crippen LogP contribution in [0.5, 0.6) is 0 Å². The number of rotatable bonds is 9. The Balaban J connectivity index is 2.47. The van der Waals surface area contributed by atoms with E-state index >= 15 is 0 Å². The van der Waals surface area contributed by atoms with E-state index in [0.29, 0.717) is 5.92 Å². The van der Waals surface area contributed by atoms with Gasteiger partial charge in [0.1, 0.15) is 0 Å². The summed E-state index contributed by atoms with van der Waals surface area (Å²) in [5, 5.41) is 14.8. The molecule has 2 nitrogen and oxygen atoms in total. The van der Waals surface area contributed by atoms with Crippen molar-refractivity contribution in [3.8, 4) is 0 Å². The molecule has 0 bridgehead atoms. The van der Waals surface area contributed by atoms with Crippen LogP contribution in [0.15, 0.2) is 30.8 Å². The van der Waals surface area contributed by atoms with Crippen LogP contribution in [0.3, 0.4) is 0 Å². The second-order valence-corrected chi connectivity index (χ2v) is 5.11. The first kappa shape index (κ1) is 15.4. The van der Waals surface area contributed by atoms with Gasteiger partial charge >= 0.3 is 0 Å². The van der Waals surface area contributed by atoms with Crippen LogP contribution < -0.4 is 0 Å². The van der Waals surface area contributed by atoms with Crippen LogP contribution in [0.25, 0.3) is 6.08 Å². The molecule has 0 spiro atoms. The fourth-order valence-corrected chi connectivity index (χ4v) is 2.16. The highest BCUT2D eigenvalue weighted by molar-refractivity contribution is 5.78. The van der Waals surface area contributed by atoms with Gasteiger partial charge in [-0.1, -0.05) is 36.9 Å². The first-order valence-electron chi connectivity index (χ1n) is 6.90. The molecule has 0 amide bonds. The third kappa shape index (κ3) is 6.14. The van der Waals surface area contributed by atoms with Gasteiger partial charge < -0.3 is 10.8 Å². The van der Waals surface area contributed by atoms with Gasteiger partial charge in [0.25, 0.3) is 0 Å². The van der Waals surface area contributed by atoms with Crippen molar-refractivity contribution in [2.75, 3.05) is 0 Å². The average Bonchev–Trinajstić information content (AvgIpc) is 2.42. The van der Waals surface area contributed by atoms with Crippen LogP contribution >= 0.6 is 0 Å². The highest BCUT2D eigenvalue weighted by Crippen LogP contribution is 2.18. The summed E-state index contributed by atoms with van der Waals surface area (Å²) in [6.45, 7) is 5.61. The minimum Gasteiger partial charge on any atom is -0.313 e. The van der Waals surface area contributed by atoms with Crippen molar-refractivity contribution in [1.29, 1.82) is 10.8 Å². The Kier molecular flexibility index (Phi) is 6.80. The molecule has 1 aromatic rings. The average molecular weight is 256 g/mol. The van der Waals surface area contributed by atoms with Crippen molar-refractivity contribution in [3.05, 3.63) is 42.0 Å². The quantitative estimate of drug-likeness (QED) is 0.600. The smallest absolute Gasteiger partial charge is 0.00583 e. The Bertz CT molecular complexity index is 417. The van der Waals surface area contributed by atoms with Crippen molar-refractivity contribution >= 4 is 18.0 Å². The van der Waals surface area contributed by atoms with E-state index < -0.39 is 0 Å². The van der Waals surface area contributed by atoms with E-state index in [1.165, 1.54) is 11.8 Å². The van der Waals surface area contributed by atoms with Crippen LogP contribution in [0, 0.1) is 16.7 Å². The van der Waals surface area contributed by atoms with Gasteiger partial charge in [-0.15, -0.1) is 0 Å². The third-order valence-electron chi connectivity index (χ3n) is 3.44. The van der Waals surface area contributed by atoms with Gasteiger partial charge in [0.2, 0.25) is 0 Å². The molecule has 0 fully saturated rings. The van der Waals surface area contributed by atoms with Gasteiger partial charge in [-0.05, 0) is 62.3 Å². The molecule has 0 aliphatic rings. The predicted octanol–water partition coefficient (Wildman–Crippen LogP) is 4.74. The van der Waals surface area contributed by atoms with E-state index in [0.717, 1.165) is 43.4 Å². The third-order valence-corrected chi connectivity index (χ3v) is 3.44. The van der Waals surface area contributed by atoms with Crippen molar-refractivity contribution in [1.82, 2.24) is 0 Å². The maximum atomic E-state index is 7.49. The molecule has 1 unspecified atom stereocenters. The Hall–Kier alpha value is -1.70. The minimum absolute atomic E-state index is 0.525. The molecule has 2 N–H and O–H groups in total. The number of benzene rings is 1. The van der Waals surface area contributed by atoms with Gasteiger partial charge in [-0.3, -0.25) is 0 Å². The number of hydrogen-bond acceptors (Lipinski definition) is 2. The van der Waals surface area contributed by atoms with E-state index in [1.54, 1.807) is 0 Å². The van der Waals surface area contributed by atoms with Gasteiger partial charge in [0.05, 0.1) is 0 Å². The number of nitrogens with one attached hydrogen (secondary N) is 2. The molecule has 19 heavy (non-hydrogen) atoms. The summed E-state index contributed by atoms with van der Waals surface area (Å²) in [4.78, 5) is 0. The van der Waals surface area contributed by atoms with Gasteiger partial charge in [-0.25, -0.2) is 0 Å². The predicted molar refractivity (Wildman–Crippen MR) is 84.4 cm³/mol. The molecule has 0 heterocycles. The summed E-state index contributed by atoms with van der Waals surface area (Å²) in [6, 6.07) is 8.49. The molecule has 0 saturated heterocycles. The van der Waals surface area contributed by atoms with Crippen LogP contribution in [-0.2, 0) is 6.42 Å². The zero-order chi connectivity index (χ0) is 14.1. The molecule has 0 aromatic heterocycles. The Morgan fingerprint density at radius 2 is 1.95 bits per heavy atom. The summed E-state index contributed by atoms with van der Waals surface area (Å²) in [7, 11) is 0. The lowest BCUT2D eigenvalue weighted by molar-refractivity contribution is 0.477. The highest BCUT2D eigenvalue weighted by Gasteiger charge is 2.08. The second-order valence-electron chi connectivity index (χ2n) is 5.11. The van der Waals surface area contributed by atoms with Gasteiger partial charge in [-0.2, -0.15) is 0 Å².